The van der Waals surface area contributed by atoms with Crippen LogP contribution in [-0.4, -0.2) is 14.2 Å². The fourth-order valence-corrected chi connectivity index (χ4v) is 23.7. The van der Waals surface area contributed by atoms with Gasteiger partial charge in [-0.05, 0) is 0 Å². The molecule has 1 aliphatic heterocycles. The van der Waals surface area contributed by atoms with Crippen molar-refractivity contribution in [3.05, 3.63) is 118 Å². The van der Waals surface area contributed by atoms with Crippen LogP contribution in [0, 0.1) is 0 Å². The summed E-state index contributed by atoms with van der Waals surface area (Å²) in [4.78, 5) is 0. The Morgan fingerprint density at radius 1 is 0.571 bits per heavy atom. The number of ether oxygens (including phenoxy) is 2. The fraction of sp³-hybridized carbons (Fsp3) is 0.243. The maximum atomic E-state index is 5.43. The molecule has 0 bridgehead atoms. The minimum atomic E-state index is -2.76. The van der Waals surface area contributed by atoms with Crippen molar-refractivity contribution in [1.29, 1.82) is 0 Å². The number of hydrogen-bond acceptors (Lipinski definition) is 2. The Kier molecular flexibility index (Phi) is 8.96. The van der Waals surface area contributed by atoms with Gasteiger partial charge in [0.15, 0.2) is 0 Å². The number of allylic oxidation sites excluding steroid dienone is 2. The first-order valence-electron chi connectivity index (χ1n) is 14.4. The third-order valence-corrected chi connectivity index (χ3v) is 25.5. The molecular formula is C37H36Cl2O2Zr. The zero-order chi connectivity index (χ0) is 27.4. The summed E-state index contributed by atoms with van der Waals surface area (Å²) < 4.78 is 15.1. The maximum Gasteiger partial charge on any atom is -1.00 e. The zero-order valence-corrected chi connectivity index (χ0v) is 28.6. The third-order valence-electron chi connectivity index (χ3n) is 9.79. The van der Waals surface area contributed by atoms with E-state index < -0.39 is 20.3 Å². The van der Waals surface area contributed by atoms with Gasteiger partial charge in [0.2, 0.25) is 0 Å². The van der Waals surface area contributed by atoms with Crippen LogP contribution in [0.25, 0.3) is 34.4 Å². The average Bonchev–Trinajstić information content (AvgIpc) is 3.49. The summed E-state index contributed by atoms with van der Waals surface area (Å²) in [7, 11) is 3.46. The molecule has 0 radical (unpaired) electrons. The normalized spacial score (nSPS) is 18.5. The van der Waals surface area contributed by atoms with E-state index in [-0.39, 0.29) is 24.8 Å². The molecule has 4 aromatic carbocycles. The Labute approximate surface area is 267 Å². The van der Waals surface area contributed by atoms with E-state index in [2.05, 4.69) is 111 Å². The van der Waals surface area contributed by atoms with Gasteiger partial charge >= 0.3 is 244 Å². The summed E-state index contributed by atoms with van der Waals surface area (Å²) in [5.74, 6) is 1.81. The van der Waals surface area contributed by atoms with E-state index >= 15 is 0 Å². The van der Waals surface area contributed by atoms with Gasteiger partial charge in [-0.1, -0.05) is 0 Å². The van der Waals surface area contributed by atoms with E-state index in [1.54, 1.807) is 36.5 Å². The smallest absolute Gasteiger partial charge is 1.00 e. The number of benzene rings is 4. The van der Waals surface area contributed by atoms with Crippen molar-refractivity contribution in [3.8, 4) is 33.8 Å². The molecule has 0 spiro atoms. The predicted molar refractivity (Wildman–Crippen MR) is 164 cm³/mol. The minimum Gasteiger partial charge on any atom is -1.00 e. The van der Waals surface area contributed by atoms with Crippen LogP contribution >= 0.6 is 0 Å². The summed E-state index contributed by atoms with van der Waals surface area (Å²) in [5.41, 5.74) is 14.5. The van der Waals surface area contributed by atoms with Gasteiger partial charge in [-0.15, -0.1) is 0 Å². The molecule has 4 aromatic rings. The van der Waals surface area contributed by atoms with E-state index in [1.807, 2.05) is 0 Å². The van der Waals surface area contributed by atoms with Crippen molar-refractivity contribution in [2.24, 2.45) is 0 Å². The van der Waals surface area contributed by atoms with Crippen LogP contribution in [-0.2, 0) is 20.3 Å². The van der Waals surface area contributed by atoms with Crippen molar-refractivity contribution < 1.29 is 54.6 Å². The van der Waals surface area contributed by atoms with Crippen molar-refractivity contribution in [2.75, 3.05) is 14.2 Å². The summed E-state index contributed by atoms with van der Waals surface area (Å²) in [5, 5.41) is 0. The van der Waals surface area contributed by atoms with E-state index in [0.29, 0.717) is 7.25 Å². The van der Waals surface area contributed by atoms with Gasteiger partial charge in [0.1, 0.15) is 0 Å². The standard InChI is InChI=1S/2C17H15O.C3H6.2ClH.Zr/c2*1-12-10-14-4-3-5-16(17(14)11-12)13-6-8-15(18-2)9-7-13;1-3-2;;;/h2*3-11H,1-2H3;1-3H2;2*1H;/q;;;;;+2/p-2. The monoisotopic (exact) mass is 672 g/mol. The molecule has 7 rings (SSSR count). The van der Waals surface area contributed by atoms with Crippen LogP contribution in [0.1, 0.15) is 49.8 Å². The second kappa shape index (κ2) is 12.2. The van der Waals surface area contributed by atoms with Gasteiger partial charge in [-0.3, -0.25) is 0 Å². The summed E-state index contributed by atoms with van der Waals surface area (Å²) in [6.45, 7) is 4.84. The first kappa shape index (κ1) is 30.9. The topological polar surface area (TPSA) is 18.5 Å². The first-order chi connectivity index (χ1) is 19.5. The molecule has 0 saturated carbocycles. The van der Waals surface area contributed by atoms with Crippen LogP contribution in [0.3, 0.4) is 0 Å². The van der Waals surface area contributed by atoms with Gasteiger partial charge in [0, 0.05) is 0 Å². The number of fused-ring (bicyclic) bond motifs is 2. The Morgan fingerprint density at radius 2 is 0.976 bits per heavy atom. The summed E-state index contributed by atoms with van der Waals surface area (Å²) >= 11 is -2.76. The second-order valence-electron chi connectivity index (χ2n) is 11.8. The van der Waals surface area contributed by atoms with Crippen molar-refractivity contribution in [2.45, 2.75) is 35.8 Å². The SMILES string of the molecule is COc1ccc(-c2cccc3c2C=C(C)[CH]3[Zr+2]2([CH]3C(C)=Cc4c(-c5ccc(OC)cc5)cccc43)[CH2]C[CH2]2)cc1.[Cl-].[Cl-]. The van der Waals surface area contributed by atoms with E-state index in [0.717, 1.165) is 11.5 Å². The number of rotatable bonds is 6. The number of methoxy groups -OCH3 is 2. The van der Waals surface area contributed by atoms with Gasteiger partial charge in [-0.2, -0.15) is 0 Å². The van der Waals surface area contributed by atoms with Crippen LogP contribution in [0.2, 0.25) is 8.26 Å². The van der Waals surface area contributed by atoms with E-state index in [9.17, 15) is 0 Å². The molecule has 1 fully saturated rings. The predicted octanol–water partition coefficient (Wildman–Crippen LogP) is 4.06. The second-order valence-corrected chi connectivity index (χ2v) is 23.2. The first-order valence-corrected chi connectivity index (χ1v) is 20.8. The minimum absolute atomic E-state index is 0. The molecule has 2 nitrogen and oxygen atoms in total. The van der Waals surface area contributed by atoms with Gasteiger partial charge in [0.25, 0.3) is 0 Å². The average molecular weight is 675 g/mol. The van der Waals surface area contributed by atoms with Gasteiger partial charge in [0.05, 0.1) is 0 Å². The van der Waals surface area contributed by atoms with Crippen molar-refractivity contribution in [3.63, 3.8) is 0 Å². The summed E-state index contributed by atoms with van der Waals surface area (Å²) in [6.07, 6.45) is 6.45. The van der Waals surface area contributed by atoms with Crippen LogP contribution in [0.15, 0.2) is 96.1 Å². The van der Waals surface area contributed by atoms with Crippen molar-refractivity contribution >= 4 is 12.2 Å². The summed E-state index contributed by atoms with van der Waals surface area (Å²) in [6, 6.07) is 31.2. The molecule has 1 heterocycles. The third kappa shape index (κ3) is 4.83. The van der Waals surface area contributed by atoms with E-state index in [1.165, 1.54) is 48.1 Å². The van der Waals surface area contributed by atoms with Gasteiger partial charge in [-0.25, -0.2) is 0 Å². The molecule has 2 unspecified atom stereocenters. The maximum absolute atomic E-state index is 5.43. The molecule has 42 heavy (non-hydrogen) atoms. The Bertz CT molecular complexity index is 1550. The Balaban J connectivity index is 0.00000176. The molecule has 0 aromatic heterocycles. The zero-order valence-electron chi connectivity index (χ0n) is 24.6. The molecule has 1 saturated heterocycles. The molecular weight excluding hydrogens is 639 g/mol. The quantitative estimate of drug-likeness (QED) is 0.308. The molecule has 0 N–H and O–H groups in total. The van der Waals surface area contributed by atoms with E-state index in [4.69, 9.17) is 9.47 Å². The number of hydrogen-bond donors (Lipinski definition) is 0. The Hall–Kier alpha value is -2.58. The van der Waals surface area contributed by atoms with Crippen LogP contribution in [0.4, 0.5) is 0 Å². The molecule has 2 atom stereocenters. The molecule has 3 aliphatic rings. The largest absolute Gasteiger partial charge is 1.00 e. The van der Waals surface area contributed by atoms with Crippen molar-refractivity contribution in [1.82, 2.24) is 0 Å². The fourth-order valence-electron chi connectivity index (χ4n) is 8.00. The molecule has 2 aliphatic carbocycles. The van der Waals surface area contributed by atoms with Crippen LogP contribution < -0.4 is 34.3 Å². The van der Waals surface area contributed by atoms with Gasteiger partial charge < -0.3 is 24.8 Å². The molecule has 214 valence electrons. The van der Waals surface area contributed by atoms with Crippen LogP contribution in [0.5, 0.6) is 11.5 Å². The number of halogens is 2. The molecule has 5 heteroatoms. The molecule has 0 amide bonds. The Morgan fingerprint density at radius 3 is 1.31 bits per heavy atom.